The van der Waals surface area contributed by atoms with E-state index in [2.05, 4.69) is 17.2 Å². The highest BCUT2D eigenvalue weighted by Crippen LogP contribution is 2.20. The van der Waals surface area contributed by atoms with Gasteiger partial charge in [0.1, 0.15) is 5.82 Å². The summed E-state index contributed by atoms with van der Waals surface area (Å²) in [5.74, 6) is -0.190. The molecule has 1 aromatic carbocycles. The predicted octanol–water partition coefficient (Wildman–Crippen LogP) is 2.42. The number of rotatable bonds is 3. The molecule has 0 amide bonds. The number of hydrogen-bond acceptors (Lipinski definition) is 1. The van der Waals surface area contributed by atoms with Gasteiger partial charge in [-0.3, -0.25) is 0 Å². The first-order valence-electron chi connectivity index (χ1n) is 4.78. The maximum atomic E-state index is 13.3. The lowest BCUT2D eigenvalue weighted by molar-refractivity contribution is 0.637. The van der Waals surface area contributed by atoms with Crippen LogP contribution in [0.2, 0.25) is 0 Å². The number of para-hydroxylation sites is 1. The van der Waals surface area contributed by atoms with Crippen molar-refractivity contribution in [1.29, 1.82) is 0 Å². The van der Waals surface area contributed by atoms with Crippen molar-refractivity contribution in [2.45, 2.75) is 13.5 Å². The highest BCUT2D eigenvalue weighted by Gasteiger charge is 2.05. The zero-order valence-electron chi connectivity index (χ0n) is 8.10. The van der Waals surface area contributed by atoms with E-state index in [4.69, 9.17) is 0 Å². The van der Waals surface area contributed by atoms with Gasteiger partial charge >= 0.3 is 0 Å². The largest absolute Gasteiger partial charge is 0.358 e. The van der Waals surface area contributed by atoms with Crippen LogP contribution < -0.4 is 5.32 Å². The van der Waals surface area contributed by atoms with Crippen molar-refractivity contribution in [3.8, 4) is 0 Å². The third kappa shape index (κ3) is 1.51. The summed E-state index contributed by atoms with van der Waals surface area (Å²) in [7, 11) is 0. The molecule has 2 N–H and O–H groups in total. The molecule has 0 spiro atoms. The smallest absolute Gasteiger partial charge is 0.147 e. The number of benzene rings is 1. The van der Waals surface area contributed by atoms with E-state index in [1.807, 2.05) is 12.3 Å². The number of H-pyrrole nitrogens is 1. The second-order valence-electron chi connectivity index (χ2n) is 3.26. The van der Waals surface area contributed by atoms with E-state index >= 15 is 0 Å². The van der Waals surface area contributed by atoms with E-state index in [-0.39, 0.29) is 5.82 Å². The fraction of sp³-hybridized carbons (Fsp3) is 0.273. The molecule has 2 aromatic rings. The summed E-state index contributed by atoms with van der Waals surface area (Å²) in [5.41, 5.74) is 1.71. The van der Waals surface area contributed by atoms with Gasteiger partial charge in [0.2, 0.25) is 0 Å². The molecular formula is C11H13FN2. The van der Waals surface area contributed by atoms with Crippen molar-refractivity contribution in [3.63, 3.8) is 0 Å². The number of fused-ring (bicyclic) bond motifs is 1. The summed E-state index contributed by atoms with van der Waals surface area (Å²) >= 11 is 0. The first-order chi connectivity index (χ1) is 6.83. The Hall–Kier alpha value is -1.35. The van der Waals surface area contributed by atoms with Crippen LogP contribution >= 0.6 is 0 Å². The molecule has 0 bridgehead atoms. The number of aromatic nitrogens is 1. The van der Waals surface area contributed by atoms with Crippen molar-refractivity contribution >= 4 is 10.9 Å². The summed E-state index contributed by atoms with van der Waals surface area (Å²) < 4.78 is 13.3. The van der Waals surface area contributed by atoms with Crippen LogP contribution in [-0.4, -0.2) is 11.5 Å². The summed E-state index contributed by atoms with van der Waals surface area (Å²) in [5, 5.41) is 4.18. The molecular weight excluding hydrogens is 179 g/mol. The van der Waals surface area contributed by atoms with Gasteiger partial charge in [-0.15, -0.1) is 0 Å². The summed E-state index contributed by atoms with van der Waals surface area (Å²) in [6.07, 6.45) is 1.86. The van der Waals surface area contributed by atoms with E-state index in [1.54, 1.807) is 6.07 Å². The normalized spacial score (nSPS) is 11.0. The van der Waals surface area contributed by atoms with Crippen LogP contribution in [0.5, 0.6) is 0 Å². The van der Waals surface area contributed by atoms with Crippen LogP contribution in [0, 0.1) is 5.82 Å². The Balaban J connectivity index is 2.42. The molecule has 1 aromatic heterocycles. The zero-order chi connectivity index (χ0) is 9.97. The number of halogens is 1. The van der Waals surface area contributed by atoms with Gasteiger partial charge in [0.25, 0.3) is 0 Å². The molecule has 0 atom stereocenters. The van der Waals surface area contributed by atoms with Gasteiger partial charge in [0.15, 0.2) is 0 Å². The maximum Gasteiger partial charge on any atom is 0.147 e. The van der Waals surface area contributed by atoms with Crippen molar-refractivity contribution in [2.24, 2.45) is 0 Å². The first kappa shape index (κ1) is 9.21. The predicted molar refractivity (Wildman–Crippen MR) is 55.6 cm³/mol. The van der Waals surface area contributed by atoms with Gasteiger partial charge in [-0.05, 0) is 18.2 Å². The van der Waals surface area contributed by atoms with Crippen molar-refractivity contribution < 1.29 is 4.39 Å². The molecule has 2 rings (SSSR count). The van der Waals surface area contributed by atoms with E-state index in [9.17, 15) is 4.39 Å². The average Bonchev–Trinajstić information content (AvgIpc) is 2.60. The molecule has 0 saturated carbocycles. The molecule has 0 aliphatic carbocycles. The van der Waals surface area contributed by atoms with Gasteiger partial charge in [-0.1, -0.05) is 19.1 Å². The minimum atomic E-state index is -0.190. The number of hydrogen-bond donors (Lipinski definition) is 2. The van der Waals surface area contributed by atoms with Gasteiger partial charge in [0, 0.05) is 18.1 Å². The fourth-order valence-corrected chi connectivity index (χ4v) is 1.58. The molecule has 0 aliphatic heterocycles. The van der Waals surface area contributed by atoms with E-state index in [0.717, 1.165) is 24.0 Å². The van der Waals surface area contributed by atoms with Crippen molar-refractivity contribution in [3.05, 3.63) is 35.8 Å². The molecule has 0 aliphatic rings. The molecule has 14 heavy (non-hydrogen) atoms. The minimum Gasteiger partial charge on any atom is -0.358 e. The molecule has 0 radical (unpaired) electrons. The van der Waals surface area contributed by atoms with Crippen LogP contribution in [0.15, 0.2) is 24.4 Å². The average molecular weight is 192 g/mol. The molecule has 1 heterocycles. The third-order valence-corrected chi connectivity index (χ3v) is 2.32. The van der Waals surface area contributed by atoms with E-state index in [1.165, 1.54) is 6.07 Å². The van der Waals surface area contributed by atoms with Gasteiger partial charge in [-0.2, -0.15) is 0 Å². The molecule has 74 valence electrons. The molecule has 0 saturated heterocycles. The van der Waals surface area contributed by atoms with Crippen LogP contribution in [0.4, 0.5) is 4.39 Å². The number of nitrogens with one attached hydrogen (secondary N) is 2. The monoisotopic (exact) mass is 192 g/mol. The first-order valence-corrected chi connectivity index (χ1v) is 4.78. The lowest BCUT2D eigenvalue weighted by Gasteiger charge is -1.99. The Kier molecular flexibility index (Phi) is 2.50. The summed E-state index contributed by atoms with van der Waals surface area (Å²) in [6, 6.07) is 5.14. The van der Waals surface area contributed by atoms with Crippen LogP contribution in [0.3, 0.4) is 0 Å². The Morgan fingerprint density at radius 2 is 2.29 bits per heavy atom. The van der Waals surface area contributed by atoms with E-state index < -0.39 is 0 Å². The Bertz CT molecular complexity index is 434. The Morgan fingerprint density at radius 1 is 1.43 bits per heavy atom. The maximum absolute atomic E-state index is 13.3. The third-order valence-electron chi connectivity index (χ3n) is 2.32. The standard InChI is InChI=1S/C11H13FN2/c1-2-13-6-8-7-14-11-9(8)4-3-5-10(11)12/h3-5,7,13-14H,2,6H2,1H3. The molecule has 2 nitrogen and oxygen atoms in total. The van der Waals surface area contributed by atoms with Gasteiger partial charge in [0.05, 0.1) is 5.52 Å². The summed E-state index contributed by atoms with van der Waals surface area (Å²) in [4.78, 5) is 2.95. The number of aromatic amines is 1. The quantitative estimate of drug-likeness (QED) is 0.768. The Morgan fingerprint density at radius 3 is 3.07 bits per heavy atom. The second kappa shape index (κ2) is 3.80. The lowest BCUT2D eigenvalue weighted by Crippen LogP contribution is -2.11. The summed E-state index contributed by atoms with van der Waals surface area (Å²) in [6.45, 7) is 3.75. The highest BCUT2D eigenvalue weighted by atomic mass is 19.1. The lowest BCUT2D eigenvalue weighted by atomic mass is 10.2. The van der Waals surface area contributed by atoms with Crippen LogP contribution in [0.25, 0.3) is 10.9 Å². The van der Waals surface area contributed by atoms with E-state index in [0.29, 0.717) is 5.52 Å². The van der Waals surface area contributed by atoms with Crippen molar-refractivity contribution in [2.75, 3.05) is 6.54 Å². The SMILES string of the molecule is CCNCc1c[nH]c2c(F)cccc12. The fourth-order valence-electron chi connectivity index (χ4n) is 1.58. The topological polar surface area (TPSA) is 27.8 Å². The van der Waals surface area contributed by atoms with Gasteiger partial charge in [-0.25, -0.2) is 4.39 Å². The highest BCUT2D eigenvalue weighted by molar-refractivity contribution is 5.83. The molecule has 0 fully saturated rings. The van der Waals surface area contributed by atoms with Gasteiger partial charge < -0.3 is 10.3 Å². The second-order valence-corrected chi connectivity index (χ2v) is 3.26. The Labute approximate surface area is 82.1 Å². The van der Waals surface area contributed by atoms with Crippen LogP contribution in [-0.2, 0) is 6.54 Å². The zero-order valence-corrected chi connectivity index (χ0v) is 8.10. The molecule has 0 unspecified atom stereocenters. The van der Waals surface area contributed by atoms with Crippen molar-refractivity contribution in [1.82, 2.24) is 10.3 Å². The van der Waals surface area contributed by atoms with Crippen LogP contribution in [0.1, 0.15) is 12.5 Å². The minimum absolute atomic E-state index is 0.190. The molecule has 3 heteroatoms.